The largest absolute Gasteiger partial charge is 0.396 e. The lowest BCUT2D eigenvalue weighted by Gasteiger charge is -2.58. The van der Waals surface area contributed by atoms with Crippen LogP contribution in [0.2, 0.25) is 0 Å². The van der Waals surface area contributed by atoms with Crippen LogP contribution in [0.25, 0.3) is 0 Å². The molecule has 1 nitrogen and oxygen atoms in total. The summed E-state index contributed by atoms with van der Waals surface area (Å²) < 4.78 is 0. The van der Waals surface area contributed by atoms with Crippen molar-refractivity contribution < 1.29 is 5.11 Å². The molecule has 0 unspecified atom stereocenters. The van der Waals surface area contributed by atoms with Gasteiger partial charge in [0.2, 0.25) is 0 Å². The molecule has 0 spiro atoms. The second-order valence-electron chi connectivity index (χ2n) is 10.6. The van der Waals surface area contributed by atoms with E-state index < -0.39 is 0 Å². The summed E-state index contributed by atoms with van der Waals surface area (Å²) in [5.74, 6) is 5.26. The van der Waals surface area contributed by atoms with Crippen molar-refractivity contribution in [3.05, 3.63) is 12.2 Å². The number of hydrogen-bond acceptors (Lipinski definition) is 1. The van der Waals surface area contributed by atoms with Crippen molar-refractivity contribution in [1.82, 2.24) is 0 Å². The predicted octanol–water partition coefficient (Wildman–Crippen LogP) is 6.22. The maximum Gasteiger partial charge on any atom is 0.0431 e. The van der Waals surface area contributed by atoms with E-state index in [4.69, 9.17) is 0 Å². The molecule has 0 aromatic carbocycles. The van der Waals surface area contributed by atoms with Crippen molar-refractivity contribution in [3.63, 3.8) is 0 Å². The van der Waals surface area contributed by atoms with Crippen LogP contribution < -0.4 is 0 Å². The highest BCUT2D eigenvalue weighted by molar-refractivity contribution is 5.17. The Hall–Kier alpha value is -0.300. The summed E-state index contributed by atoms with van der Waals surface area (Å²) in [5.41, 5.74) is 1.15. The van der Waals surface area contributed by atoms with Crippen LogP contribution in [0.5, 0.6) is 0 Å². The molecule has 8 atom stereocenters. The Morgan fingerprint density at radius 1 is 0.960 bits per heavy atom. The average Bonchev–Trinajstić information content (AvgIpc) is 2.96. The molecule has 3 fully saturated rings. The normalized spacial score (nSPS) is 50.0. The Bertz CT molecular complexity index is 510. The molecule has 0 bridgehead atoms. The molecule has 3 saturated carbocycles. The number of aliphatic hydroxyl groups is 1. The summed E-state index contributed by atoms with van der Waals surface area (Å²) >= 11 is 0. The maximum absolute atomic E-state index is 9.24. The van der Waals surface area contributed by atoms with E-state index in [0.29, 0.717) is 17.4 Å². The number of rotatable bonds is 4. The standard InChI is InChI=1S/C24H40O/c1-17(7-6-16-25)20-11-12-21-19-10-9-18-8-4-5-14-23(18,2)22(19)13-15-24(20,21)3/h9-10,17-22,25H,4-8,11-16H2,1-3H3/t17-,18-,19+,20-,21+,22+,23+,24-/m1/s1. The number of fused-ring (bicyclic) bond motifs is 5. The fourth-order valence-electron chi connectivity index (χ4n) is 8.25. The molecule has 0 heterocycles. The van der Waals surface area contributed by atoms with Crippen molar-refractivity contribution in [2.75, 3.05) is 6.61 Å². The maximum atomic E-state index is 9.24. The molecule has 1 heteroatoms. The third kappa shape index (κ3) is 2.75. The van der Waals surface area contributed by atoms with Gasteiger partial charge in [0, 0.05) is 6.61 Å². The predicted molar refractivity (Wildman–Crippen MR) is 105 cm³/mol. The summed E-state index contributed by atoms with van der Waals surface area (Å²) in [5, 5.41) is 9.24. The molecule has 0 radical (unpaired) electrons. The minimum Gasteiger partial charge on any atom is -0.396 e. The molecule has 0 aromatic heterocycles. The molecule has 0 amide bonds. The Morgan fingerprint density at radius 2 is 1.76 bits per heavy atom. The molecule has 4 rings (SSSR count). The number of allylic oxidation sites excluding steroid dienone is 2. The van der Waals surface area contributed by atoms with Crippen LogP contribution in [0.3, 0.4) is 0 Å². The van der Waals surface area contributed by atoms with Crippen molar-refractivity contribution >= 4 is 0 Å². The fraction of sp³-hybridized carbons (Fsp3) is 0.917. The monoisotopic (exact) mass is 344 g/mol. The van der Waals surface area contributed by atoms with Gasteiger partial charge < -0.3 is 5.11 Å². The van der Waals surface area contributed by atoms with Gasteiger partial charge in [0.15, 0.2) is 0 Å². The van der Waals surface area contributed by atoms with Crippen molar-refractivity contribution in [2.45, 2.75) is 85.0 Å². The lowest BCUT2D eigenvalue weighted by Crippen LogP contribution is -2.51. The summed E-state index contributed by atoms with van der Waals surface area (Å²) in [6.45, 7) is 8.13. The van der Waals surface area contributed by atoms with Gasteiger partial charge in [0.05, 0.1) is 0 Å². The van der Waals surface area contributed by atoms with E-state index in [0.717, 1.165) is 41.9 Å². The van der Waals surface area contributed by atoms with Crippen LogP contribution in [0.1, 0.15) is 85.0 Å². The quantitative estimate of drug-likeness (QED) is 0.600. The lowest BCUT2D eigenvalue weighted by molar-refractivity contribution is -0.0645. The van der Waals surface area contributed by atoms with E-state index in [1.165, 1.54) is 57.8 Å². The van der Waals surface area contributed by atoms with E-state index in [-0.39, 0.29) is 0 Å². The SMILES string of the molecule is C[C@H](CCCO)[C@H]1CC[C@H]2[C@@H]3C=C[C@H]4CCCC[C@]4(C)[C@H]3CC[C@]12C. The van der Waals surface area contributed by atoms with Gasteiger partial charge in [0.25, 0.3) is 0 Å². The second kappa shape index (κ2) is 6.70. The molecule has 25 heavy (non-hydrogen) atoms. The molecule has 0 saturated heterocycles. The van der Waals surface area contributed by atoms with Gasteiger partial charge in [-0.15, -0.1) is 0 Å². The van der Waals surface area contributed by atoms with Gasteiger partial charge >= 0.3 is 0 Å². The Kier molecular flexibility index (Phi) is 4.84. The minimum absolute atomic E-state index is 0.365. The fourth-order valence-corrected chi connectivity index (χ4v) is 8.25. The summed E-state index contributed by atoms with van der Waals surface area (Å²) in [4.78, 5) is 0. The van der Waals surface area contributed by atoms with Crippen LogP contribution in [0, 0.1) is 46.3 Å². The Morgan fingerprint density at radius 3 is 2.56 bits per heavy atom. The summed E-state index contributed by atoms with van der Waals surface area (Å²) in [7, 11) is 0. The smallest absolute Gasteiger partial charge is 0.0431 e. The Labute approximate surface area is 155 Å². The zero-order valence-corrected chi connectivity index (χ0v) is 16.8. The van der Waals surface area contributed by atoms with Gasteiger partial charge in [-0.05, 0) is 97.7 Å². The van der Waals surface area contributed by atoms with Crippen molar-refractivity contribution in [2.24, 2.45) is 46.3 Å². The third-order valence-electron chi connectivity index (χ3n) is 9.65. The molecule has 1 N–H and O–H groups in total. The zero-order valence-electron chi connectivity index (χ0n) is 16.8. The highest BCUT2D eigenvalue weighted by Crippen LogP contribution is 2.66. The molecular weight excluding hydrogens is 304 g/mol. The minimum atomic E-state index is 0.365. The van der Waals surface area contributed by atoms with E-state index in [1.54, 1.807) is 0 Å². The summed E-state index contributed by atoms with van der Waals surface area (Å²) in [6, 6.07) is 0. The van der Waals surface area contributed by atoms with Crippen LogP contribution in [0.4, 0.5) is 0 Å². The van der Waals surface area contributed by atoms with Gasteiger partial charge in [0.1, 0.15) is 0 Å². The highest BCUT2D eigenvalue weighted by Gasteiger charge is 2.58. The van der Waals surface area contributed by atoms with Gasteiger partial charge in [-0.3, -0.25) is 0 Å². The summed E-state index contributed by atoms with van der Waals surface area (Å²) in [6.07, 6.45) is 19.2. The molecule has 0 aliphatic heterocycles. The molecule has 0 aromatic rings. The lowest BCUT2D eigenvalue weighted by atomic mass is 9.46. The number of aliphatic hydroxyl groups excluding tert-OH is 1. The van der Waals surface area contributed by atoms with Gasteiger partial charge in [-0.25, -0.2) is 0 Å². The van der Waals surface area contributed by atoms with Gasteiger partial charge in [-0.2, -0.15) is 0 Å². The first-order valence-electron chi connectivity index (χ1n) is 11.3. The first kappa shape index (κ1) is 18.1. The van der Waals surface area contributed by atoms with Crippen LogP contribution in [-0.4, -0.2) is 11.7 Å². The van der Waals surface area contributed by atoms with Crippen LogP contribution in [0.15, 0.2) is 12.2 Å². The Balaban J connectivity index is 1.57. The molecule has 4 aliphatic rings. The molecule has 142 valence electrons. The van der Waals surface area contributed by atoms with Crippen molar-refractivity contribution in [1.29, 1.82) is 0 Å². The van der Waals surface area contributed by atoms with Crippen molar-refractivity contribution in [3.8, 4) is 0 Å². The molecule has 4 aliphatic carbocycles. The highest BCUT2D eigenvalue weighted by atomic mass is 16.2. The topological polar surface area (TPSA) is 20.2 Å². The van der Waals surface area contributed by atoms with Crippen LogP contribution >= 0.6 is 0 Å². The van der Waals surface area contributed by atoms with E-state index in [1.807, 2.05) is 0 Å². The first-order chi connectivity index (χ1) is 12.0. The number of hydrogen-bond donors (Lipinski definition) is 1. The third-order valence-corrected chi connectivity index (χ3v) is 9.65. The average molecular weight is 345 g/mol. The first-order valence-corrected chi connectivity index (χ1v) is 11.3. The van der Waals surface area contributed by atoms with E-state index >= 15 is 0 Å². The van der Waals surface area contributed by atoms with Crippen LogP contribution in [-0.2, 0) is 0 Å². The van der Waals surface area contributed by atoms with Gasteiger partial charge in [-0.1, -0.05) is 45.8 Å². The van der Waals surface area contributed by atoms with E-state index in [9.17, 15) is 5.11 Å². The zero-order chi connectivity index (χ0) is 17.7. The second-order valence-corrected chi connectivity index (χ2v) is 10.6. The molecular formula is C24H40O. The van der Waals surface area contributed by atoms with E-state index in [2.05, 4.69) is 32.9 Å².